The third-order valence-electron chi connectivity index (χ3n) is 3.39. The number of benzene rings is 1. The fourth-order valence-electron chi connectivity index (χ4n) is 2.36. The van der Waals surface area contributed by atoms with Gasteiger partial charge < -0.3 is 5.73 Å². The minimum absolute atomic E-state index is 0.753. The predicted octanol–water partition coefficient (Wildman–Crippen LogP) is 2.93. The van der Waals surface area contributed by atoms with Crippen molar-refractivity contribution in [2.45, 2.75) is 39.2 Å². The van der Waals surface area contributed by atoms with Crippen molar-refractivity contribution >= 4 is 5.69 Å². The molecule has 2 N–H and O–H groups in total. The minimum Gasteiger partial charge on any atom is -0.399 e. The predicted molar refractivity (Wildman–Crippen MR) is 74.0 cm³/mol. The second kappa shape index (κ2) is 5.54. The van der Waals surface area contributed by atoms with Crippen molar-refractivity contribution in [2.24, 2.45) is 5.92 Å². The zero-order valence-electron chi connectivity index (χ0n) is 11.0. The third-order valence-corrected chi connectivity index (χ3v) is 3.39. The molecule has 0 aromatic heterocycles. The van der Waals surface area contributed by atoms with Crippen LogP contribution >= 0.6 is 0 Å². The Bertz CT molecular complexity index is 356. The number of hydrogen-bond donors (Lipinski definition) is 1. The van der Waals surface area contributed by atoms with Crippen LogP contribution in [0.15, 0.2) is 24.3 Å². The number of nitrogen functional groups attached to an aromatic ring is 1. The van der Waals surface area contributed by atoms with Crippen LogP contribution in [0.5, 0.6) is 0 Å². The van der Waals surface area contributed by atoms with Crippen LogP contribution in [0.1, 0.15) is 32.3 Å². The molecule has 0 atom stereocenters. The van der Waals surface area contributed by atoms with Gasteiger partial charge in [0.05, 0.1) is 0 Å². The Morgan fingerprint density at radius 3 is 2.59 bits per heavy atom. The molecule has 2 heteroatoms. The van der Waals surface area contributed by atoms with E-state index in [2.05, 4.69) is 30.9 Å². The molecule has 0 saturated heterocycles. The molecule has 0 radical (unpaired) electrons. The molecule has 1 fully saturated rings. The van der Waals surface area contributed by atoms with E-state index in [0.717, 1.165) is 30.6 Å². The molecule has 0 amide bonds. The van der Waals surface area contributed by atoms with Gasteiger partial charge in [-0.15, -0.1) is 0 Å². The Labute approximate surface area is 105 Å². The zero-order chi connectivity index (χ0) is 12.3. The SMILES string of the molecule is CC(C)CN(CCc1ccccc1N)C1CC1. The fourth-order valence-corrected chi connectivity index (χ4v) is 2.36. The highest BCUT2D eigenvalue weighted by Crippen LogP contribution is 2.28. The van der Waals surface area contributed by atoms with E-state index in [1.54, 1.807) is 0 Å². The standard InChI is InChI=1S/C15H24N2/c1-12(2)11-17(14-7-8-14)10-9-13-5-3-4-6-15(13)16/h3-6,12,14H,7-11,16H2,1-2H3. The number of anilines is 1. The van der Waals surface area contributed by atoms with Crippen molar-refractivity contribution < 1.29 is 0 Å². The first-order chi connectivity index (χ1) is 8.16. The first kappa shape index (κ1) is 12.4. The highest BCUT2D eigenvalue weighted by Gasteiger charge is 2.28. The quantitative estimate of drug-likeness (QED) is 0.764. The molecule has 0 spiro atoms. The molecule has 2 rings (SSSR count). The summed E-state index contributed by atoms with van der Waals surface area (Å²) in [5, 5.41) is 0. The number of nitrogens with zero attached hydrogens (tertiary/aromatic N) is 1. The number of hydrogen-bond acceptors (Lipinski definition) is 2. The highest BCUT2D eigenvalue weighted by atomic mass is 15.2. The van der Waals surface area contributed by atoms with Crippen molar-refractivity contribution in [2.75, 3.05) is 18.8 Å². The maximum absolute atomic E-state index is 5.98. The van der Waals surface area contributed by atoms with Gasteiger partial charge in [0.25, 0.3) is 0 Å². The number of rotatable bonds is 6. The molecule has 0 bridgehead atoms. The summed E-state index contributed by atoms with van der Waals surface area (Å²) in [6.07, 6.45) is 3.85. The first-order valence-electron chi connectivity index (χ1n) is 6.74. The molecule has 1 aromatic carbocycles. The molecular formula is C15H24N2. The molecule has 1 aromatic rings. The van der Waals surface area contributed by atoms with E-state index in [1.165, 1.54) is 24.9 Å². The number of nitrogens with two attached hydrogens (primary N) is 1. The molecule has 0 heterocycles. The monoisotopic (exact) mass is 232 g/mol. The van der Waals surface area contributed by atoms with Crippen LogP contribution in [0.4, 0.5) is 5.69 Å². The van der Waals surface area contributed by atoms with E-state index >= 15 is 0 Å². The van der Waals surface area contributed by atoms with Gasteiger partial charge >= 0.3 is 0 Å². The normalized spacial score (nSPS) is 15.8. The maximum Gasteiger partial charge on any atom is 0.0347 e. The molecule has 17 heavy (non-hydrogen) atoms. The van der Waals surface area contributed by atoms with Crippen LogP contribution in [-0.2, 0) is 6.42 Å². The third kappa shape index (κ3) is 3.74. The van der Waals surface area contributed by atoms with Gasteiger partial charge in [0.2, 0.25) is 0 Å². The van der Waals surface area contributed by atoms with Crippen LogP contribution in [0, 0.1) is 5.92 Å². The Kier molecular flexibility index (Phi) is 4.06. The fraction of sp³-hybridized carbons (Fsp3) is 0.600. The van der Waals surface area contributed by atoms with E-state index in [-0.39, 0.29) is 0 Å². The lowest BCUT2D eigenvalue weighted by Gasteiger charge is -2.24. The smallest absolute Gasteiger partial charge is 0.0347 e. The summed E-state index contributed by atoms with van der Waals surface area (Å²) >= 11 is 0. The Hall–Kier alpha value is -1.02. The lowest BCUT2D eigenvalue weighted by atomic mass is 10.1. The molecule has 2 nitrogen and oxygen atoms in total. The molecule has 94 valence electrons. The molecule has 1 saturated carbocycles. The summed E-state index contributed by atoms with van der Waals surface area (Å²) in [5.41, 5.74) is 8.21. The van der Waals surface area contributed by atoms with Crippen molar-refractivity contribution in [1.29, 1.82) is 0 Å². The van der Waals surface area contributed by atoms with E-state index in [1.807, 2.05) is 12.1 Å². The topological polar surface area (TPSA) is 29.3 Å². The summed E-state index contributed by atoms with van der Waals surface area (Å²) in [6.45, 7) is 6.97. The molecule has 0 unspecified atom stereocenters. The first-order valence-corrected chi connectivity index (χ1v) is 6.74. The average Bonchev–Trinajstić information content (AvgIpc) is 3.09. The van der Waals surface area contributed by atoms with Gasteiger partial charge in [-0.2, -0.15) is 0 Å². The van der Waals surface area contributed by atoms with Crippen molar-refractivity contribution in [3.05, 3.63) is 29.8 Å². The Morgan fingerprint density at radius 2 is 2.00 bits per heavy atom. The number of para-hydroxylation sites is 1. The van der Waals surface area contributed by atoms with Crippen LogP contribution in [-0.4, -0.2) is 24.0 Å². The summed E-state index contributed by atoms with van der Waals surface area (Å²) < 4.78 is 0. The van der Waals surface area contributed by atoms with Crippen LogP contribution in [0.25, 0.3) is 0 Å². The Morgan fingerprint density at radius 1 is 1.29 bits per heavy atom. The summed E-state index contributed by atoms with van der Waals surface area (Å²) in [5.74, 6) is 0.753. The maximum atomic E-state index is 5.98. The molecular weight excluding hydrogens is 208 g/mol. The van der Waals surface area contributed by atoms with Crippen LogP contribution in [0.2, 0.25) is 0 Å². The second-order valence-electron chi connectivity index (χ2n) is 5.57. The summed E-state index contributed by atoms with van der Waals surface area (Å²) in [6, 6.07) is 9.08. The van der Waals surface area contributed by atoms with E-state index in [0.29, 0.717) is 0 Å². The second-order valence-corrected chi connectivity index (χ2v) is 5.57. The largest absolute Gasteiger partial charge is 0.399 e. The van der Waals surface area contributed by atoms with Crippen molar-refractivity contribution in [3.8, 4) is 0 Å². The lowest BCUT2D eigenvalue weighted by molar-refractivity contribution is 0.237. The van der Waals surface area contributed by atoms with Gasteiger partial charge in [-0.25, -0.2) is 0 Å². The lowest BCUT2D eigenvalue weighted by Crippen LogP contribution is -2.32. The van der Waals surface area contributed by atoms with E-state index in [9.17, 15) is 0 Å². The van der Waals surface area contributed by atoms with Crippen LogP contribution in [0.3, 0.4) is 0 Å². The molecule has 1 aliphatic rings. The van der Waals surface area contributed by atoms with Crippen molar-refractivity contribution in [1.82, 2.24) is 4.90 Å². The van der Waals surface area contributed by atoms with Gasteiger partial charge in [-0.05, 0) is 36.8 Å². The zero-order valence-corrected chi connectivity index (χ0v) is 11.0. The van der Waals surface area contributed by atoms with Gasteiger partial charge in [0.1, 0.15) is 0 Å². The van der Waals surface area contributed by atoms with E-state index in [4.69, 9.17) is 5.73 Å². The van der Waals surface area contributed by atoms with Gasteiger partial charge in [-0.1, -0.05) is 32.0 Å². The van der Waals surface area contributed by atoms with Crippen molar-refractivity contribution in [3.63, 3.8) is 0 Å². The summed E-state index contributed by atoms with van der Waals surface area (Å²) in [7, 11) is 0. The molecule has 1 aliphatic carbocycles. The Balaban J connectivity index is 1.88. The van der Waals surface area contributed by atoms with E-state index < -0.39 is 0 Å². The molecule has 0 aliphatic heterocycles. The van der Waals surface area contributed by atoms with Gasteiger partial charge in [0.15, 0.2) is 0 Å². The van der Waals surface area contributed by atoms with Gasteiger partial charge in [-0.3, -0.25) is 4.90 Å². The summed E-state index contributed by atoms with van der Waals surface area (Å²) in [4.78, 5) is 2.64. The van der Waals surface area contributed by atoms with Crippen LogP contribution < -0.4 is 5.73 Å². The minimum atomic E-state index is 0.753. The average molecular weight is 232 g/mol. The van der Waals surface area contributed by atoms with Gasteiger partial charge in [0, 0.05) is 24.8 Å². The highest BCUT2D eigenvalue weighted by molar-refractivity contribution is 5.46.